The van der Waals surface area contributed by atoms with Gasteiger partial charge in [0.2, 0.25) is 5.95 Å². The van der Waals surface area contributed by atoms with Crippen molar-refractivity contribution in [2.75, 3.05) is 13.1 Å². The molecule has 1 aromatic heterocycles. The predicted octanol–water partition coefficient (Wildman–Crippen LogP) is 3.01. The molecule has 1 aliphatic carbocycles. The molecule has 0 radical (unpaired) electrons. The summed E-state index contributed by atoms with van der Waals surface area (Å²) in [6.45, 7) is 2.47. The normalized spacial score (nSPS) is 15.6. The van der Waals surface area contributed by atoms with E-state index in [1.807, 2.05) is 0 Å². The van der Waals surface area contributed by atoms with Crippen LogP contribution in [-0.4, -0.2) is 28.9 Å². The molecule has 2 aromatic rings. The fourth-order valence-corrected chi connectivity index (χ4v) is 3.37. The minimum atomic E-state index is -0.649. The van der Waals surface area contributed by atoms with E-state index in [1.54, 1.807) is 0 Å². The highest BCUT2D eigenvalue weighted by Crippen LogP contribution is 2.22. The van der Waals surface area contributed by atoms with Gasteiger partial charge in [-0.05, 0) is 47.8 Å². The Hall–Kier alpha value is -2.95. The van der Waals surface area contributed by atoms with E-state index < -0.39 is 5.95 Å². The number of nitrogens with one attached hydrogen (secondary N) is 1. The van der Waals surface area contributed by atoms with Gasteiger partial charge in [-0.1, -0.05) is 24.3 Å². The Morgan fingerprint density at radius 2 is 1.96 bits per heavy atom. The number of amides is 1. The van der Waals surface area contributed by atoms with E-state index in [0.717, 1.165) is 37.6 Å². The van der Waals surface area contributed by atoms with Gasteiger partial charge in [0.1, 0.15) is 0 Å². The van der Waals surface area contributed by atoms with Crippen molar-refractivity contribution in [1.82, 2.24) is 15.2 Å². The van der Waals surface area contributed by atoms with Crippen molar-refractivity contribution in [1.29, 1.82) is 0 Å². The van der Waals surface area contributed by atoms with Crippen LogP contribution in [0.4, 0.5) is 4.39 Å². The van der Waals surface area contributed by atoms with Crippen molar-refractivity contribution in [3.05, 3.63) is 88.7 Å². The van der Waals surface area contributed by atoms with Crippen LogP contribution in [-0.2, 0) is 19.4 Å². The number of carbonyl (C=O) groups is 1. The molecule has 0 saturated heterocycles. The molecule has 26 heavy (non-hydrogen) atoms. The first-order chi connectivity index (χ1) is 12.7. The zero-order chi connectivity index (χ0) is 17.9. The highest BCUT2D eigenvalue weighted by atomic mass is 19.1. The topological polar surface area (TPSA) is 45.2 Å². The SMILES string of the molecule is O=C(NCc1ccc2c(c1)CCN(C1=CC=C1)CC2)c1ccnc(F)c1. The smallest absolute Gasteiger partial charge is 0.251 e. The predicted molar refractivity (Wildman–Crippen MR) is 98.0 cm³/mol. The number of aromatic nitrogens is 1. The van der Waals surface area contributed by atoms with Gasteiger partial charge in [0.25, 0.3) is 5.91 Å². The Balaban J connectivity index is 1.40. The summed E-state index contributed by atoms with van der Waals surface area (Å²) in [5, 5.41) is 2.85. The minimum absolute atomic E-state index is 0.282. The number of allylic oxidation sites excluding steroid dienone is 3. The van der Waals surface area contributed by atoms with Crippen molar-refractivity contribution >= 4 is 5.91 Å². The molecule has 0 spiro atoms. The maximum Gasteiger partial charge on any atom is 0.251 e. The summed E-state index contributed by atoms with van der Waals surface area (Å²) in [4.78, 5) is 18.0. The third-order valence-corrected chi connectivity index (χ3v) is 4.91. The van der Waals surface area contributed by atoms with Crippen LogP contribution in [0, 0.1) is 5.95 Å². The molecule has 1 N–H and O–H groups in total. The standard InChI is InChI=1S/C21H20FN3O/c22-20-13-18(6-9-23-20)21(26)24-14-15-4-5-16-7-10-25(19-2-1-3-19)11-8-17(16)12-15/h1-6,9,12-13H,7-8,10-11,14H2,(H,24,26). The average Bonchev–Trinajstić information content (AvgIpc) is 2.81. The number of halogens is 1. The first kappa shape index (κ1) is 16.5. The lowest BCUT2D eigenvalue weighted by molar-refractivity contribution is 0.0950. The summed E-state index contributed by atoms with van der Waals surface area (Å²) in [5.74, 6) is -0.945. The van der Waals surface area contributed by atoms with Gasteiger partial charge in [0, 0.05) is 43.2 Å². The Morgan fingerprint density at radius 1 is 1.15 bits per heavy atom. The lowest BCUT2D eigenvalue weighted by Gasteiger charge is -2.26. The van der Waals surface area contributed by atoms with Crippen LogP contribution in [0.15, 0.2) is 60.5 Å². The zero-order valence-electron chi connectivity index (χ0n) is 14.4. The van der Waals surface area contributed by atoms with Crippen LogP contribution in [0.2, 0.25) is 0 Å². The Morgan fingerprint density at radius 3 is 2.69 bits per heavy atom. The molecule has 0 fully saturated rings. The molecule has 1 aromatic carbocycles. The Bertz CT molecular complexity index is 904. The lowest BCUT2D eigenvalue weighted by atomic mass is 10.00. The molecule has 4 rings (SSSR count). The number of benzene rings is 1. The van der Waals surface area contributed by atoms with Crippen molar-refractivity contribution in [3.8, 4) is 0 Å². The van der Waals surface area contributed by atoms with Gasteiger partial charge < -0.3 is 10.2 Å². The monoisotopic (exact) mass is 349 g/mol. The molecule has 5 heteroatoms. The average molecular weight is 349 g/mol. The third-order valence-electron chi connectivity index (χ3n) is 4.91. The molecule has 1 amide bonds. The molecule has 0 saturated carbocycles. The highest BCUT2D eigenvalue weighted by molar-refractivity contribution is 5.93. The van der Waals surface area contributed by atoms with E-state index >= 15 is 0 Å². The van der Waals surface area contributed by atoms with Gasteiger partial charge in [-0.2, -0.15) is 4.39 Å². The molecular formula is C21H20FN3O. The summed E-state index contributed by atoms with van der Waals surface area (Å²) in [6, 6.07) is 9.05. The maximum absolute atomic E-state index is 13.1. The summed E-state index contributed by atoms with van der Waals surface area (Å²) < 4.78 is 13.1. The summed E-state index contributed by atoms with van der Waals surface area (Å²) >= 11 is 0. The quantitative estimate of drug-likeness (QED) is 0.863. The number of rotatable bonds is 4. The van der Waals surface area contributed by atoms with Crippen LogP contribution >= 0.6 is 0 Å². The molecule has 2 heterocycles. The van der Waals surface area contributed by atoms with Gasteiger partial charge >= 0.3 is 0 Å². The van der Waals surface area contributed by atoms with E-state index in [2.05, 4.69) is 51.6 Å². The van der Waals surface area contributed by atoms with E-state index in [9.17, 15) is 9.18 Å². The van der Waals surface area contributed by atoms with E-state index in [-0.39, 0.29) is 11.5 Å². The van der Waals surface area contributed by atoms with Crippen molar-refractivity contribution in [3.63, 3.8) is 0 Å². The summed E-state index contributed by atoms with van der Waals surface area (Å²) in [7, 11) is 0. The zero-order valence-corrected chi connectivity index (χ0v) is 14.4. The van der Waals surface area contributed by atoms with Gasteiger partial charge in [-0.3, -0.25) is 4.79 Å². The van der Waals surface area contributed by atoms with E-state index in [0.29, 0.717) is 6.54 Å². The van der Waals surface area contributed by atoms with Gasteiger partial charge in [0.15, 0.2) is 0 Å². The van der Waals surface area contributed by atoms with Crippen molar-refractivity contribution in [2.24, 2.45) is 0 Å². The Kier molecular flexibility index (Phi) is 4.52. The lowest BCUT2D eigenvalue weighted by Crippen LogP contribution is -2.26. The third kappa shape index (κ3) is 3.52. The van der Waals surface area contributed by atoms with Gasteiger partial charge in [0.05, 0.1) is 0 Å². The second-order valence-electron chi connectivity index (χ2n) is 6.59. The number of fused-ring (bicyclic) bond motifs is 1. The van der Waals surface area contributed by atoms with Crippen molar-refractivity contribution in [2.45, 2.75) is 19.4 Å². The molecular weight excluding hydrogens is 329 g/mol. The number of nitrogens with zero attached hydrogens (tertiary/aromatic N) is 2. The van der Waals surface area contributed by atoms with Crippen LogP contribution in [0.25, 0.3) is 0 Å². The first-order valence-corrected chi connectivity index (χ1v) is 8.83. The fraction of sp³-hybridized carbons (Fsp3) is 0.238. The molecule has 132 valence electrons. The van der Waals surface area contributed by atoms with Crippen LogP contribution in [0.1, 0.15) is 27.0 Å². The molecule has 4 nitrogen and oxygen atoms in total. The van der Waals surface area contributed by atoms with Crippen LogP contribution in [0.3, 0.4) is 0 Å². The summed E-state index contributed by atoms with van der Waals surface area (Å²) in [6.07, 6.45) is 9.70. The fourth-order valence-electron chi connectivity index (χ4n) is 3.37. The number of pyridine rings is 1. The van der Waals surface area contributed by atoms with E-state index in [4.69, 9.17) is 0 Å². The number of hydrogen-bond acceptors (Lipinski definition) is 3. The minimum Gasteiger partial charge on any atom is -0.371 e. The largest absolute Gasteiger partial charge is 0.371 e. The Labute approximate surface area is 152 Å². The number of hydrogen-bond donors (Lipinski definition) is 1. The molecule has 0 unspecified atom stereocenters. The van der Waals surface area contributed by atoms with Crippen LogP contribution < -0.4 is 5.32 Å². The van der Waals surface area contributed by atoms with E-state index in [1.165, 1.54) is 29.1 Å². The maximum atomic E-state index is 13.1. The summed E-state index contributed by atoms with van der Waals surface area (Å²) in [5.41, 5.74) is 5.38. The van der Waals surface area contributed by atoms with Crippen LogP contribution in [0.5, 0.6) is 0 Å². The van der Waals surface area contributed by atoms with Gasteiger partial charge in [-0.15, -0.1) is 0 Å². The molecule has 0 atom stereocenters. The first-order valence-electron chi connectivity index (χ1n) is 8.83. The van der Waals surface area contributed by atoms with Gasteiger partial charge in [-0.25, -0.2) is 4.98 Å². The molecule has 2 aliphatic rings. The second kappa shape index (κ2) is 7.12. The molecule has 1 aliphatic heterocycles. The number of carbonyl (C=O) groups excluding carboxylic acids is 1. The van der Waals surface area contributed by atoms with Crippen molar-refractivity contribution < 1.29 is 9.18 Å². The highest BCUT2D eigenvalue weighted by Gasteiger charge is 2.16. The molecule has 0 bridgehead atoms. The second-order valence-corrected chi connectivity index (χ2v) is 6.59.